The average Bonchev–Trinajstić information content (AvgIpc) is 3.11. The van der Waals surface area contributed by atoms with E-state index in [0.29, 0.717) is 30.6 Å². The van der Waals surface area contributed by atoms with Gasteiger partial charge in [0.25, 0.3) is 0 Å². The van der Waals surface area contributed by atoms with Gasteiger partial charge in [-0.05, 0) is 49.8 Å². The van der Waals surface area contributed by atoms with Gasteiger partial charge in [-0.3, -0.25) is 4.79 Å². The number of amides is 1. The summed E-state index contributed by atoms with van der Waals surface area (Å²) in [6.07, 6.45) is 5.57. The molecule has 0 spiro atoms. The smallest absolute Gasteiger partial charge is 0.227 e. The number of hydrogen-bond donors (Lipinski definition) is 1. The molecule has 3 unspecified atom stereocenters. The van der Waals surface area contributed by atoms with Gasteiger partial charge >= 0.3 is 0 Å². The molecule has 1 saturated carbocycles. The topological polar surface area (TPSA) is 32.3 Å². The van der Waals surface area contributed by atoms with Crippen molar-refractivity contribution in [2.45, 2.75) is 56.8 Å². The third-order valence-corrected chi connectivity index (χ3v) is 5.15. The number of nitrogens with zero attached hydrogens (tertiary/aromatic N) is 1. The summed E-state index contributed by atoms with van der Waals surface area (Å²) in [7, 11) is 0. The molecule has 1 amide bonds. The summed E-state index contributed by atoms with van der Waals surface area (Å²) >= 11 is 0. The first kappa shape index (κ1) is 13.3. The van der Waals surface area contributed by atoms with E-state index in [2.05, 4.69) is 5.32 Å². The van der Waals surface area contributed by atoms with Gasteiger partial charge in [0.2, 0.25) is 5.91 Å². The van der Waals surface area contributed by atoms with E-state index in [0.717, 1.165) is 31.2 Å². The summed E-state index contributed by atoms with van der Waals surface area (Å²) in [6, 6.07) is 7.87. The molecule has 1 aliphatic carbocycles. The molecule has 2 heterocycles. The Morgan fingerprint density at radius 2 is 1.95 bits per heavy atom. The molecule has 2 bridgehead atoms. The van der Waals surface area contributed by atoms with Crippen molar-refractivity contribution in [2.24, 2.45) is 5.92 Å². The minimum atomic E-state index is -0.222. The molecule has 3 nitrogen and oxygen atoms in total. The molecule has 1 aromatic carbocycles. The van der Waals surface area contributed by atoms with Crippen LogP contribution in [0.5, 0.6) is 0 Å². The Kier molecular flexibility index (Phi) is 3.21. The number of hydrogen-bond acceptors (Lipinski definition) is 2. The van der Waals surface area contributed by atoms with Crippen LogP contribution >= 0.6 is 0 Å². The third kappa shape index (κ3) is 2.57. The van der Waals surface area contributed by atoms with Crippen molar-refractivity contribution in [1.82, 2.24) is 10.2 Å². The van der Waals surface area contributed by atoms with Crippen molar-refractivity contribution in [1.29, 1.82) is 0 Å². The molecule has 2 aliphatic heterocycles. The fourth-order valence-corrected chi connectivity index (χ4v) is 3.87. The van der Waals surface area contributed by atoms with Gasteiger partial charge in [0, 0.05) is 24.7 Å². The fourth-order valence-electron chi connectivity index (χ4n) is 3.87. The predicted molar refractivity (Wildman–Crippen MR) is 78.0 cm³/mol. The van der Waals surface area contributed by atoms with Gasteiger partial charge in [-0.2, -0.15) is 0 Å². The van der Waals surface area contributed by atoms with Gasteiger partial charge in [-0.25, -0.2) is 4.39 Å². The van der Waals surface area contributed by atoms with E-state index in [1.807, 2.05) is 4.90 Å². The molecule has 1 aromatic rings. The highest BCUT2D eigenvalue weighted by Gasteiger charge is 2.46. The van der Waals surface area contributed by atoms with Crippen molar-refractivity contribution in [3.63, 3.8) is 0 Å². The summed E-state index contributed by atoms with van der Waals surface area (Å²) in [4.78, 5) is 14.9. The van der Waals surface area contributed by atoms with Crippen LogP contribution in [-0.2, 0) is 11.3 Å². The van der Waals surface area contributed by atoms with Crippen LogP contribution in [-0.4, -0.2) is 28.9 Å². The molecule has 3 fully saturated rings. The number of benzene rings is 1. The molecule has 3 atom stereocenters. The van der Waals surface area contributed by atoms with Crippen LogP contribution in [0.2, 0.25) is 0 Å². The highest BCUT2D eigenvalue weighted by molar-refractivity contribution is 5.81. The molecule has 0 aromatic heterocycles. The van der Waals surface area contributed by atoms with Crippen molar-refractivity contribution < 1.29 is 9.18 Å². The van der Waals surface area contributed by atoms with Crippen LogP contribution in [0, 0.1) is 11.7 Å². The van der Waals surface area contributed by atoms with Crippen LogP contribution in [0.3, 0.4) is 0 Å². The second-order valence-electron chi connectivity index (χ2n) is 6.71. The number of carbonyl (C=O) groups excluding carboxylic acids is 1. The maximum absolute atomic E-state index is 13.0. The van der Waals surface area contributed by atoms with Crippen LogP contribution in [0.1, 0.15) is 37.7 Å². The number of fused-ring (bicyclic) bond motifs is 2. The first-order valence-corrected chi connectivity index (χ1v) is 8.01. The Labute approximate surface area is 124 Å². The molecule has 3 aliphatic rings. The summed E-state index contributed by atoms with van der Waals surface area (Å²) in [6.45, 7) is 0.623. The predicted octanol–water partition coefficient (Wildman–Crippen LogP) is 2.46. The van der Waals surface area contributed by atoms with Crippen LogP contribution < -0.4 is 5.32 Å². The van der Waals surface area contributed by atoms with Crippen molar-refractivity contribution in [3.8, 4) is 0 Å². The lowest BCUT2D eigenvalue weighted by Crippen LogP contribution is -2.41. The van der Waals surface area contributed by atoms with Gasteiger partial charge in [0.05, 0.1) is 5.92 Å². The maximum Gasteiger partial charge on any atom is 0.227 e. The first-order chi connectivity index (χ1) is 10.2. The molecule has 0 radical (unpaired) electrons. The molecule has 4 heteroatoms. The highest BCUT2D eigenvalue weighted by atomic mass is 19.1. The quantitative estimate of drug-likeness (QED) is 0.923. The Morgan fingerprint density at radius 3 is 2.52 bits per heavy atom. The van der Waals surface area contributed by atoms with Crippen LogP contribution in [0.25, 0.3) is 0 Å². The Bertz CT molecular complexity index is 540. The van der Waals surface area contributed by atoms with E-state index in [9.17, 15) is 9.18 Å². The van der Waals surface area contributed by atoms with Gasteiger partial charge in [0.1, 0.15) is 5.82 Å². The highest BCUT2D eigenvalue weighted by Crippen LogP contribution is 2.37. The van der Waals surface area contributed by atoms with E-state index in [-0.39, 0.29) is 11.7 Å². The zero-order valence-electron chi connectivity index (χ0n) is 12.1. The molecule has 21 heavy (non-hydrogen) atoms. The van der Waals surface area contributed by atoms with Gasteiger partial charge in [-0.15, -0.1) is 0 Å². The summed E-state index contributed by atoms with van der Waals surface area (Å²) in [5.41, 5.74) is 1.02. The summed E-state index contributed by atoms with van der Waals surface area (Å²) in [5.74, 6) is 0.242. The Morgan fingerprint density at radius 1 is 1.19 bits per heavy atom. The summed E-state index contributed by atoms with van der Waals surface area (Å²) < 4.78 is 13.0. The normalized spacial score (nSPS) is 30.6. The Balaban J connectivity index is 1.49. The zero-order chi connectivity index (χ0) is 14.4. The molecule has 1 N–H and O–H groups in total. The second-order valence-corrected chi connectivity index (χ2v) is 6.71. The van der Waals surface area contributed by atoms with Crippen molar-refractivity contribution in [2.75, 3.05) is 0 Å². The first-order valence-electron chi connectivity index (χ1n) is 8.01. The van der Waals surface area contributed by atoms with E-state index in [1.54, 1.807) is 12.1 Å². The van der Waals surface area contributed by atoms with E-state index >= 15 is 0 Å². The molecular weight excluding hydrogens is 267 g/mol. The minimum Gasteiger partial charge on any atom is -0.335 e. The molecule has 2 saturated heterocycles. The largest absolute Gasteiger partial charge is 0.335 e. The molecule has 112 valence electrons. The number of nitrogens with one attached hydrogen (secondary N) is 1. The van der Waals surface area contributed by atoms with Crippen LogP contribution in [0.15, 0.2) is 24.3 Å². The molecule has 4 rings (SSSR count). The molecular formula is C17H21FN2O. The fraction of sp³-hybridized carbons (Fsp3) is 0.588. The SMILES string of the molecule is O=C(C1CC2CCC1N2)N(Cc1ccc(F)cc1)C1CC1. The second kappa shape index (κ2) is 5.09. The standard InChI is InChI=1S/C17H21FN2O/c18-12-3-1-11(2-4-12)10-20(14-6-7-14)17(21)15-9-13-5-8-16(15)19-13/h1-4,13-16,19H,5-10H2. The lowest BCUT2D eigenvalue weighted by atomic mass is 9.88. The van der Waals surface area contributed by atoms with Crippen molar-refractivity contribution in [3.05, 3.63) is 35.6 Å². The van der Waals surface area contributed by atoms with Gasteiger partial charge in [-0.1, -0.05) is 12.1 Å². The van der Waals surface area contributed by atoms with Gasteiger partial charge < -0.3 is 10.2 Å². The number of halogens is 1. The minimum absolute atomic E-state index is 0.157. The summed E-state index contributed by atoms with van der Waals surface area (Å²) in [5, 5.41) is 3.55. The monoisotopic (exact) mass is 288 g/mol. The third-order valence-electron chi connectivity index (χ3n) is 5.15. The maximum atomic E-state index is 13.0. The zero-order valence-corrected chi connectivity index (χ0v) is 12.1. The van der Waals surface area contributed by atoms with Crippen molar-refractivity contribution >= 4 is 5.91 Å². The van der Waals surface area contributed by atoms with Crippen LogP contribution in [0.4, 0.5) is 4.39 Å². The lowest BCUT2D eigenvalue weighted by molar-refractivity contribution is -0.137. The number of rotatable bonds is 4. The Hall–Kier alpha value is -1.42. The van der Waals surface area contributed by atoms with Gasteiger partial charge in [0.15, 0.2) is 0 Å². The lowest BCUT2D eigenvalue weighted by Gasteiger charge is -2.29. The van der Waals surface area contributed by atoms with E-state index in [4.69, 9.17) is 0 Å². The van der Waals surface area contributed by atoms with E-state index in [1.165, 1.54) is 18.6 Å². The van der Waals surface area contributed by atoms with E-state index < -0.39 is 0 Å². The average molecular weight is 288 g/mol. The number of carbonyl (C=O) groups is 1.